The van der Waals surface area contributed by atoms with E-state index in [9.17, 15) is 0 Å². The van der Waals surface area contributed by atoms with E-state index in [1.54, 1.807) is 7.11 Å². The largest absolute Gasteiger partial charge is 0.382 e. The van der Waals surface area contributed by atoms with Gasteiger partial charge in [0.1, 0.15) is 0 Å². The number of hydrogen-bond acceptors (Lipinski definition) is 3. The second kappa shape index (κ2) is 6.14. The van der Waals surface area contributed by atoms with Crippen LogP contribution in [0.1, 0.15) is 11.7 Å². The highest BCUT2D eigenvalue weighted by Gasteiger charge is 2.08. The Labute approximate surface area is 83.9 Å². The van der Waals surface area contributed by atoms with Gasteiger partial charge >= 0.3 is 0 Å². The van der Waals surface area contributed by atoms with Crippen LogP contribution in [-0.4, -0.2) is 20.3 Å². The quantitative estimate of drug-likeness (QED) is 0.668. The lowest BCUT2D eigenvalue weighted by Gasteiger charge is -2.09. The van der Waals surface area contributed by atoms with E-state index < -0.39 is 6.10 Å². The molecule has 1 rings (SSSR count). The zero-order valence-electron chi connectivity index (χ0n) is 8.14. The van der Waals surface area contributed by atoms with Crippen LogP contribution in [0.3, 0.4) is 0 Å². The Balaban J connectivity index is 2.52. The van der Waals surface area contributed by atoms with E-state index in [1.165, 1.54) is 0 Å². The minimum absolute atomic E-state index is 0.434. The summed E-state index contributed by atoms with van der Waals surface area (Å²) in [5.41, 5.74) is 0.881. The molecule has 0 spiro atoms. The highest BCUT2D eigenvalue weighted by atomic mass is 16.5. The molecule has 0 amide bonds. The van der Waals surface area contributed by atoms with Gasteiger partial charge in [0.2, 0.25) is 0 Å². The fourth-order valence-corrected chi connectivity index (χ4v) is 1.09. The number of rotatable bonds is 5. The molecule has 0 aliphatic carbocycles. The molecule has 0 saturated heterocycles. The van der Waals surface area contributed by atoms with Crippen molar-refractivity contribution in [1.82, 2.24) is 0 Å². The first-order valence-electron chi connectivity index (χ1n) is 4.43. The third-order valence-electron chi connectivity index (χ3n) is 1.79. The lowest BCUT2D eigenvalue weighted by molar-refractivity contribution is 0.0423. The maximum absolute atomic E-state index is 8.86. The van der Waals surface area contributed by atoms with E-state index in [0.29, 0.717) is 13.2 Å². The Morgan fingerprint density at radius 1 is 1.29 bits per heavy atom. The average Bonchev–Trinajstić information content (AvgIpc) is 2.26. The number of benzene rings is 1. The molecule has 1 aromatic rings. The Morgan fingerprint density at radius 3 is 2.57 bits per heavy atom. The van der Waals surface area contributed by atoms with Crippen LogP contribution >= 0.6 is 0 Å². The summed E-state index contributed by atoms with van der Waals surface area (Å²) in [6, 6.07) is 11.5. The van der Waals surface area contributed by atoms with Crippen LogP contribution in [0, 0.1) is 11.3 Å². The lowest BCUT2D eigenvalue weighted by atomic mass is 10.1. The average molecular weight is 191 g/mol. The van der Waals surface area contributed by atoms with Gasteiger partial charge in [0, 0.05) is 7.11 Å². The predicted octanol–water partition coefficient (Wildman–Crippen LogP) is 1.91. The van der Waals surface area contributed by atoms with E-state index in [-0.39, 0.29) is 0 Å². The van der Waals surface area contributed by atoms with Crippen molar-refractivity contribution < 1.29 is 9.47 Å². The number of ether oxygens (including phenoxy) is 2. The summed E-state index contributed by atoms with van der Waals surface area (Å²) in [6.07, 6.45) is -0.494. The van der Waals surface area contributed by atoms with Gasteiger partial charge < -0.3 is 9.47 Å². The fraction of sp³-hybridized carbons (Fsp3) is 0.364. The fourth-order valence-electron chi connectivity index (χ4n) is 1.09. The molecule has 0 aliphatic heterocycles. The molecule has 14 heavy (non-hydrogen) atoms. The van der Waals surface area contributed by atoms with Crippen LogP contribution in [0.5, 0.6) is 0 Å². The van der Waals surface area contributed by atoms with Crippen molar-refractivity contribution in [2.75, 3.05) is 20.3 Å². The van der Waals surface area contributed by atoms with Crippen LogP contribution < -0.4 is 0 Å². The van der Waals surface area contributed by atoms with Gasteiger partial charge in [0.05, 0.1) is 19.3 Å². The highest BCUT2D eigenvalue weighted by molar-refractivity contribution is 5.21. The number of nitriles is 1. The topological polar surface area (TPSA) is 42.2 Å². The summed E-state index contributed by atoms with van der Waals surface area (Å²) in [7, 11) is 1.60. The Hall–Kier alpha value is -1.37. The van der Waals surface area contributed by atoms with E-state index >= 15 is 0 Å². The summed E-state index contributed by atoms with van der Waals surface area (Å²) in [5.74, 6) is 0. The third-order valence-corrected chi connectivity index (χ3v) is 1.79. The van der Waals surface area contributed by atoms with Gasteiger partial charge in [-0.15, -0.1) is 0 Å². The SMILES string of the molecule is COCCOC(C#N)c1ccccc1. The van der Waals surface area contributed by atoms with E-state index in [1.807, 2.05) is 30.3 Å². The number of hydrogen-bond donors (Lipinski definition) is 0. The molecule has 74 valence electrons. The molecular formula is C11H13NO2. The third kappa shape index (κ3) is 3.17. The molecule has 0 bridgehead atoms. The maximum Gasteiger partial charge on any atom is 0.169 e. The summed E-state index contributed by atoms with van der Waals surface area (Å²) >= 11 is 0. The van der Waals surface area contributed by atoms with Crippen molar-refractivity contribution in [3.63, 3.8) is 0 Å². The van der Waals surface area contributed by atoms with Crippen molar-refractivity contribution in [2.45, 2.75) is 6.10 Å². The van der Waals surface area contributed by atoms with Gasteiger partial charge in [0.25, 0.3) is 0 Å². The predicted molar refractivity (Wildman–Crippen MR) is 52.6 cm³/mol. The van der Waals surface area contributed by atoms with Crippen LogP contribution in [0.25, 0.3) is 0 Å². The number of nitrogens with zero attached hydrogens (tertiary/aromatic N) is 1. The molecule has 0 saturated carbocycles. The smallest absolute Gasteiger partial charge is 0.169 e. The molecule has 0 fully saturated rings. The maximum atomic E-state index is 8.86. The van der Waals surface area contributed by atoms with Crippen LogP contribution in [0.4, 0.5) is 0 Å². The van der Waals surface area contributed by atoms with Gasteiger partial charge in [-0.05, 0) is 5.56 Å². The van der Waals surface area contributed by atoms with Crippen LogP contribution in [0.15, 0.2) is 30.3 Å². The van der Waals surface area contributed by atoms with Gasteiger partial charge in [-0.2, -0.15) is 5.26 Å². The molecule has 0 radical (unpaired) electrons. The Bertz CT molecular complexity index is 292. The van der Waals surface area contributed by atoms with Crippen molar-refractivity contribution >= 4 is 0 Å². The molecule has 0 heterocycles. The van der Waals surface area contributed by atoms with Gasteiger partial charge in [-0.1, -0.05) is 30.3 Å². The van der Waals surface area contributed by atoms with Crippen molar-refractivity contribution in [3.8, 4) is 6.07 Å². The van der Waals surface area contributed by atoms with Crippen molar-refractivity contribution in [1.29, 1.82) is 5.26 Å². The standard InChI is InChI=1S/C11H13NO2/c1-13-7-8-14-11(9-12)10-5-3-2-4-6-10/h2-6,11H,7-8H2,1H3. The van der Waals surface area contributed by atoms with Gasteiger partial charge in [-0.3, -0.25) is 0 Å². The normalized spacial score (nSPS) is 12.0. The molecule has 1 unspecified atom stereocenters. The number of methoxy groups -OCH3 is 1. The molecule has 0 N–H and O–H groups in total. The van der Waals surface area contributed by atoms with E-state index in [4.69, 9.17) is 14.7 Å². The highest BCUT2D eigenvalue weighted by Crippen LogP contribution is 2.15. The lowest BCUT2D eigenvalue weighted by Crippen LogP contribution is -2.07. The Morgan fingerprint density at radius 2 is 2.00 bits per heavy atom. The summed E-state index contributed by atoms with van der Waals surface area (Å²) in [5, 5.41) is 8.86. The minimum atomic E-state index is -0.494. The van der Waals surface area contributed by atoms with Gasteiger partial charge in [-0.25, -0.2) is 0 Å². The zero-order chi connectivity index (χ0) is 10.2. The molecule has 1 aromatic carbocycles. The second-order valence-corrected chi connectivity index (χ2v) is 2.78. The second-order valence-electron chi connectivity index (χ2n) is 2.78. The molecule has 3 heteroatoms. The zero-order valence-corrected chi connectivity index (χ0v) is 8.14. The first kappa shape index (κ1) is 10.7. The molecular weight excluding hydrogens is 178 g/mol. The van der Waals surface area contributed by atoms with Crippen molar-refractivity contribution in [2.24, 2.45) is 0 Å². The first-order chi connectivity index (χ1) is 6.88. The molecule has 3 nitrogen and oxygen atoms in total. The monoisotopic (exact) mass is 191 g/mol. The van der Waals surface area contributed by atoms with Gasteiger partial charge in [0.15, 0.2) is 6.10 Å². The van der Waals surface area contributed by atoms with E-state index in [2.05, 4.69) is 6.07 Å². The summed E-state index contributed by atoms with van der Waals surface area (Å²) in [6.45, 7) is 0.939. The first-order valence-corrected chi connectivity index (χ1v) is 4.43. The molecule has 1 atom stereocenters. The summed E-state index contributed by atoms with van der Waals surface area (Å²) in [4.78, 5) is 0. The minimum Gasteiger partial charge on any atom is -0.382 e. The summed E-state index contributed by atoms with van der Waals surface area (Å²) < 4.78 is 10.2. The molecule has 0 aliphatic rings. The van der Waals surface area contributed by atoms with Crippen LogP contribution in [0.2, 0.25) is 0 Å². The molecule has 0 aromatic heterocycles. The Kier molecular flexibility index (Phi) is 4.70. The van der Waals surface area contributed by atoms with Crippen LogP contribution in [-0.2, 0) is 9.47 Å². The van der Waals surface area contributed by atoms with Crippen molar-refractivity contribution in [3.05, 3.63) is 35.9 Å². The van der Waals surface area contributed by atoms with E-state index in [0.717, 1.165) is 5.56 Å².